The third kappa shape index (κ3) is 2.33. The number of rotatable bonds is 2. The second-order valence-corrected chi connectivity index (χ2v) is 6.45. The van der Waals surface area contributed by atoms with Crippen molar-refractivity contribution in [2.24, 2.45) is 0 Å². The largest absolute Gasteiger partial charge is 0.443 e. The molecule has 2 unspecified atom stereocenters. The van der Waals surface area contributed by atoms with Gasteiger partial charge in [0, 0.05) is 25.6 Å². The Labute approximate surface area is 140 Å². The molecule has 2 amide bonds. The van der Waals surface area contributed by atoms with Crippen molar-refractivity contribution in [1.82, 2.24) is 9.80 Å². The Kier molecular flexibility index (Phi) is 3.67. The van der Waals surface area contributed by atoms with Gasteiger partial charge in [-0.15, -0.1) is 0 Å². The van der Waals surface area contributed by atoms with Gasteiger partial charge in [0.05, 0.1) is 12.3 Å². The lowest BCUT2D eigenvalue weighted by molar-refractivity contribution is 0.0932. The average molecular weight is 328 g/mol. The van der Waals surface area contributed by atoms with Crippen molar-refractivity contribution in [1.29, 1.82) is 0 Å². The number of amides is 2. The summed E-state index contributed by atoms with van der Waals surface area (Å²) in [7, 11) is 0. The molecule has 0 radical (unpaired) electrons. The van der Waals surface area contributed by atoms with Crippen molar-refractivity contribution >= 4 is 12.2 Å². The molecule has 0 aromatic heterocycles. The molecule has 6 heteroatoms. The van der Waals surface area contributed by atoms with Crippen molar-refractivity contribution in [2.75, 3.05) is 13.1 Å². The molecule has 6 nitrogen and oxygen atoms in total. The Morgan fingerprint density at radius 2 is 2.04 bits per heavy atom. The minimum atomic E-state index is -0.378. The van der Waals surface area contributed by atoms with Crippen LogP contribution in [0.5, 0.6) is 0 Å². The number of carbonyl (C=O) groups is 2. The molecule has 3 aliphatic rings. The highest BCUT2D eigenvalue weighted by Crippen LogP contribution is 2.44. The van der Waals surface area contributed by atoms with E-state index < -0.39 is 0 Å². The maximum Gasteiger partial charge on any atom is 0.414 e. The molecule has 0 bridgehead atoms. The van der Waals surface area contributed by atoms with Crippen molar-refractivity contribution in [3.8, 4) is 0 Å². The van der Waals surface area contributed by atoms with E-state index in [1.165, 1.54) is 11.1 Å². The highest BCUT2D eigenvalue weighted by atomic mass is 16.6. The lowest BCUT2D eigenvalue weighted by Gasteiger charge is -2.37. The van der Waals surface area contributed by atoms with E-state index >= 15 is 0 Å². The molecule has 0 spiro atoms. The number of hydrogen-bond donors (Lipinski definition) is 0. The number of nitrogens with zero attached hydrogens (tertiary/aromatic N) is 2. The van der Waals surface area contributed by atoms with Crippen LogP contribution in [-0.2, 0) is 15.9 Å². The maximum absolute atomic E-state index is 12.4. The number of piperidine rings is 1. The van der Waals surface area contributed by atoms with E-state index in [1.54, 1.807) is 4.90 Å². The summed E-state index contributed by atoms with van der Waals surface area (Å²) in [6.45, 7) is 4.54. The molecule has 126 valence electrons. The van der Waals surface area contributed by atoms with Crippen molar-refractivity contribution in [3.63, 3.8) is 0 Å². The molecule has 2 atom stereocenters. The van der Waals surface area contributed by atoms with Gasteiger partial charge < -0.3 is 14.4 Å². The lowest BCUT2D eigenvalue weighted by atomic mass is 9.99. The molecular formula is C18H20N2O4. The predicted molar refractivity (Wildman–Crippen MR) is 86.3 cm³/mol. The molecule has 2 fully saturated rings. The van der Waals surface area contributed by atoms with Gasteiger partial charge in [-0.1, -0.05) is 30.8 Å². The Bertz CT molecular complexity index is 681. The molecule has 0 saturated carbocycles. The molecule has 1 aromatic rings. The SMILES string of the molecule is C=COC(=O)N1CCC(N2C(=O)OC3Cc4ccccc4C32)CC1. The Morgan fingerprint density at radius 1 is 1.29 bits per heavy atom. The minimum Gasteiger partial charge on any atom is -0.443 e. The van der Waals surface area contributed by atoms with E-state index in [2.05, 4.69) is 18.7 Å². The van der Waals surface area contributed by atoms with Crippen LogP contribution in [0.4, 0.5) is 9.59 Å². The number of likely N-dealkylation sites (tertiary alicyclic amines) is 1. The quantitative estimate of drug-likeness (QED) is 0.783. The summed E-state index contributed by atoms with van der Waals surface area (Å²) < 4.78 is 10.4. The molecule has 2 aliphatic heterocycles. The first-order valence-corrected chi connectivity index (χ1v) is 8.32. The zero-order valence-corrected chi connectivity index (χ0v) is 13.4. The Morgan fingerprint density at radius 3 is 2.79 bits per heavy atom. The standard InChI is InChI=1S/C18H20N2O4/c1-2-23-17(21)19-9-7-13(8-10-19)20-16-14-6-4-3-5-12(14)11-15(16)24-18(20)22/h2-6,13,15-16H,1,7-11H2. The zero-order valence-electron chi connectivity index (χ0n) is 13.4. The van der Waals surface area contributed by atoms with Gasteiger partial charge in [0.15, 0.2) is 0 Å². The molecule has 4 rings (SSSR count). The van der Waals surface area contributed by atoms with E-state index in [-0.39, 0.29) is 30.4 Å². The highest BCUT2D eigenvalue weighted by molar-refractivity contribution is 5.73. The number of ether oxygens (including phenoxy) is 2. The second-order valence-electron chi connectivity index (χ2n) is 6.45. The summed E-state index contributed by atoms with van der Waals surface area (Å²) in [4.78, 5) is 27.7. The van der Waals surface area contributed by atoms with Crippen LogP contribution in [0.1, 0.15) is 30.0 Å². The zero-order chi connectivity index (χ0) is 16.7. The monoisotopic (exact) mass is 328 g/mol. The Balaban J connectivity index is 1.50. The third-order valence-corrected chi connectivity index (χ3v) is 5.21. The van der Waals surface area contributed by atoms with Gasteiger partial charge in [-0.05, 0) is 24.0 Å². The van der Waals surface area contributed by atoms with E-state index in [9.17, 15) is 9.59 Å². The van der Waals surface area contributed by atoms with Crippen molar-refractivity contribution in [3.05, 3.63) is 48.2 Å². The average Bonchev–Trinajstić information content (AvgIpc) is 3.09. The lowest BCUT2D eigenvalue weighted by Crippen LogP contribution is -2.47. The van der Waals surface area contributed by atoms with Crippen LogP contribution in [0.3, 0.4) is 0 Å². The van der Waals surface area contributed by atoms with Crippen LogP contribution in [0.2, 0.25) is 0 Å². The topological polar surface area (TPSA) is 59.1 Å². The van der Waals surface area contributed by atoms with Crippen LogP contribution in [0, 0.1) is 0 Å². The van der Waals surface area contributed by atoms with E-state index in [4.69, 9.17) is 9.47 Å². The third-order valence-electron chi connectivity index (χ3n) is 5.21. The van der Waals surface area contributed by atoms with E-state index in [1.807, 2.05) is 17.0 Å². The fourth-order valence-corrected chi connectivity index (χ4v) is 4.12. The van der Waals surface area contributed by atoms with Gasteiger partial charge in [-0.2, -0.15) is 0 Å². The van der Waals surface area contributed by atoms with Crippen LogP contribution in [0.15, 0.2) is 37.1 Å². The number of hydrogen-bond acceptors (Lipinski definition) is 4. The van der Waals surface area contributed by atoms with Crippen LogP contribution >= 0.6 is 0 Å². The van der Waals surface area contributed by atoms with Crippen molar-refractivity contribution < 1.29 is 19.1 Å². The minimum absolute atomic E-state index is 0.00498. The summed E-state index contributed by atoms with van der Waals surface area (Å²) in [5.41, 5.74) is 2.46. The Hall–Kier alpha value is -2.50. The smallest absolute Gasteiger partial charge is 0.414 e. The summed E-state index contributed by atoms with van der Waals surface area (Å²) in [5.74, 6) is 0. The molecule has 0 N–H and O–H groups in total. The van der Waals surface area contributed by atoms with Gasteiger partial charge in [-0.3, -0.25) is 4.90 Å². The number of carbonyl (C=O) groups excluding carboxylic acids is 2. The summed E-state index contributed by atoms with van der Waals surface area (Å²) in [5, 5.41) is 0. The fraction of sp³-hybridized carbons (Fsp3) is 0.444. The maximum atomic E-state index is 12.4. The van der Waals surface area contributed by atoms with Gasteiger partial charge in [0.1, 0.15) is 6.10 Å². The van der Waals surface area contributed by atoms with Gasteiger partial charge in [0.2, 0.25) is 0 Å². The number of benzene rings is 1. The molecular weight excluding hydrogens is 308 g/mol. The van der Waals surface area contributed by atoms with E-state index in [0.29, 0.717) is 13.1 Å². The van der Waals surface area contributed by atoms with Gasteiger partial charge >= 0.3 is 12.2 Å². The summed E-state index contributed by atoms with van der Waals surface area (Å²) in [6.07, 6.45) is 2.70. The predicted octanol–water partition coefficient (Wildman–Crippen LogP) is 2.85. The van der Waals surface area contributed by atoms with Crippen LogP contribution in [0.25, 0.3) is 0 Å². The van der Waals surface area contributed by atoms with Crippen LogP contribution < -0.4 is 0 Å². The second kappa shape index (κ2) is 5.85. The van der Waals surface area contributed by atoms with Crippen molar-refractivity contribution in [2.45, 2.75) is 37.5 Å². The molecule has 24 heavy (non-hydrogen) atoms. The first kappa shape index (κ1) is 15.1. The summed E-state index contributed by atoms with van der Waals surface area (Å²) >= 11 is 0. The molecule has 1 aromatic carbocycles. The fourth-order valence-electron chi connectivity index (χ4n) is 4.12. The first-order chi connectivity index (χ1) is 11.7. The van der Waals surface area contributed by atoms with Gasteiger partial charge in [0.25, 0.3) is 0 Å². The molecule has 2 saturated heterocycles. The van der Waals surface area contributed by atoms with E-state index in [0.717, 1.165) is 25.5 Å². The first-order valence-electron chi connectivity index (χ1n) is 8.32. The number of fused-ring (bicyclic) bond motifs is 3. The molecule has 2 heterocycles. The normalized spacial score (nSPS) is 25.9. The van der Waals surface area contributed by atoms with Gasteiger partial charge in [-0.25, -0.2) is 9.59 Å². The summed E-state index contributed by atoms with van der Waals surface area (Å²) in [6, 6.07) is 8.32. The highest BCUT2D eigenvalue weighted by Gasteiger charge is 2.50. The van der Waals surface area contributed by atoms with Crippen LogP contribution in [-0.4, -0.2) is 47.2 Å². The molecule has 1 aliphatic carbocycles.